The fraction of sp³-hybridized carbons (Fsp3) is 0.231. The maximum atomic E-state index is 12.7. The van der Waals surface area contributed by atoms with Gasteiger partial charge in [-0.25, -0.2) is 9.97 Å². The van der Waals surface area contributed by atoms with E-state index in [1.165, 1.54) is 23.3 Å². The average Bonchev–Trinajstić information content (AvgIpc) is 3.60. The smallest absolute Gasteiger partial charge is 0.261 e. The maximum Gasteiger partial charge on any atom is 0.261 e. The van der Waals surface area contributed by atoms with E-state index in [2.05, 4.69) is 37.5 Å². The zero-order chi connectivity index (χ0) is 23.1. The van der Waals surface area contributed by atoms with E-state index in [0.29, 0.717) is 6.54 Å². The number of rotatable bonds is 5. The fourth-order valence-corrected chi connectivity index (χ4v) is 5.71. The van der Waals surface area contributed by atoms with E-state index in [0.717, 1.165) is 56.8 Å². The number of H-pyrrole nitrogens is 1. The summed E-state index contributed by atoms with van der Waals surface area (Å²) in [6, 6.07) is 12.3. The van der Waals surface area contributed by atoms with Crippen LogP contribution in [0, 0.1) is 0 Å². The molecule has 1 aliphatic carbocycles. The summed E-state index contributed by atoms with van der Waals surface area (Å²) in [6.45, 7) is 0.496. The van der Waals surface area contributed by atoms with Crippen LogP contribution >= 0.6 is 11.3 Å². The molecular formula is C26H24N6OS. The van der Waals surface area contributed by atoms with Gasteiger partial charge in [0.1, 0.15) is 12.0 Å². The van der Waals surface area contributed by atoms with Gasteiger partial charge in [0, 0.05) is 41.2 Å². The molecule has 0 atom stereocenters. The van der Waals surface area contributed by atoms with Gasteiger partial charge >= 0.3 is 0 Å². The normalized spacial score (nSPS) is 13.2. The van der Waals surface area contributed by atoms with Crippen LogP contribution in [0.5, 0.6) is 0 Å². The minimum absolute atomic E-state index is 0.0104. The highest BCUT2D eigenvalue weighted by atomic mass is 32.1. The molecule has 6 rings (SSSR count). The van der Waals surface area contributed by atoms with Crippen molar-refractivity contribution in [2.75, 3.05) is 0 Å². The molecule has 0 fully saturated rings. The molecular weight excluding hydrogens is 444 g/mol. The molecule has 0 radical (unpaired) electrons. The zero-order valence-electron chi connectivity index (χ0n) is 18.8. The van der Waals surface area contributed by atoms with Gasteiger partial charge in [0.25, 0.3) is 5.91 Å². The minimum Gasteiger partial charge on any atom is -0.347 e. The summed E-state index contributed by atoms with van der Waals surface area (Å²) in [5.74, 6) is 0.0104. The van der Waals surface area contributed by atoms with Crippen LogP contribution in [0.15, 0.2) is 55.1 Å². The number of aromatic nitrogens is 5. The van der Waals surface area contributed by atoms with Gasteiger partial charge in [-0.2, -0.15) is 5.10 Å². The SMILES string of the molecule is Cn1cc(-c2cc3c(-c4ccc(CNC(=O)c5cc6c(s5)CCCC6)cc4)ncnc3[nH]2)cn1. The van der Waals surface area contributed by atoms with Crippen molar-refractivity contribution in [3.8, 4) is 22.5 Å². The van der Waals surface area contributed by atoms with Crippen LogP contribution in [0.4, 0.5) is 0 Å². The van der Waals surface area contributed by atoms with E-state index in [4.69, 9.17) is 0 Å². The monoisotopic (exact) mass is 468 g/mol. The number of aryl methyl sites for hydroxylation is 3. The molecule has 170 valence electrons. The van der Waals surface area contributed by atoms with Crippen LogP contribution in [-0.4, -0.2) is 30.6 Å². The number of aromatic amines is 1. The predicted molar refractivity (Wildman–Crippen MR) is 134 cm³/mol. The van der Waals surface area contributed by atoms with Crippen LogP contribution in [0.3, 0.4) is 0 Å². The third-order valence-electron chi connectivity index (χ3n) is 6.34. The number of nitrogens with one attached hydrogen (secondary N) is 2. The Kier molecular flexibility index (Phi) is 5.22. The van der Waals surface area contributed by atoms with E-state index in [1.807, 2.05) is 43.7 Å². The second kappa shape index (κ2) is 8.53. The number of carbonyl (C=O) groups is 1. The van der Waals surface area contributed by atoms with Gasteiger partial charge in [-0.1, -0.05) is 24.3 Å². The Labute approximate surface area is 200 Å². The van der Waals surface area contributed by atoms with Gasteiger partial charge in [-0.15, -0.1) is 11.3 Å². The number of nitrogens with zero attached hydrogens (tertiary/aromatic N) is 4. The summed E-state index contributed by atoms with van der Waals surface area (Å²) in [7, 11) is 1.90. The van der Waals surface area contributed by atoms with Gasteiger partial charge in [0.05, 0.1) is 22.5 Å². The van der Waals surface area contributed by atoms with Crippen molar-refractivity contribution in [3.63, 3.8) is 0 Å². The first-order chi connectivity index (χ1) is 16.6. The Morgan fingerprint density at radius 3 is 2.76 bits per heavy atom. The lowest BCUT2D eigenvalue weighted by Gasteiger charge is -2.08. The summed E-state index contributed by atoms with van der Waals surface area (Å²) in [5, 5.41) is 8.28. The van der Waals surface area contributed by atoms with Crippen LogP contribution in [0.2, 0.25) is 0 Å². The Morgan fingerprint density at radius 1 is 1.12 bits per heavy atom. The number of hydrogen-bond donors (Lipinski definition) is 2. The number of hydrogen-bond acceptors (Lipinski definition) is 5. The highest BCUT2D eigenvalue weighted by Gasteiger charge is 2.17. The molecule has 2 N–H and O–H groups in total. The van der Waals surface area contributed by atoms with Crippen LogP contribution < -0.4 is 5.32 Å². The van der Waals surface area contributed by atoms with Crippen molar-refractivity contribution < 1.29 is 4.79 Å². The van der Waals surface area contributed by atoms with Crippen molar-refractivity contribution in [2.45, 2.75) is 32.2 Å². The van der Waals surface area contributed by atoms with Crippen LogP contribution in [0.25, 0.3) is 33.5 Å². The van der Waals surface area contributed by atoms with E-state index in [-0.39, 0.29) is 5.91 Å². The lowest BCUT2D eigenvalue weighted by molar-refractivity contribution is 0.0955. The molecule has 0 bridgehead atoms. The minimum atomic E-state index is 0.0104. The highest BCUT2D eigenvalue weighted by molar-refractivity contribution is 7.14. The molecule has 0 spiro atoms. The second-order valence-electron chi connectivity index (χ2n) is 8.72. The van der Waals surface area contributed by atoms with Crippen molar-refractivity contribution in [3.05, 3.63) is 76.0 Å². The summed E-state index contributed by atoms with van der Waals surface area (Å²) in [6.07, 6.45) is 10.0. The number of fused-ring (bicyclic) bond motifs is 2. The highest BCUT2D eigenvalue weighted by Crippen LogP contribution is 2.31. The largest absolute Gasteiger partial charge is 0.347 e. The lowest BCUT2D eigenvalue weighted by Crippen LogP contribution is -2.21. The van der Waals surface area contributed by atoms with Crippen molar-refractivity contribution in [1.29, 1.82) is 0 Å². The zero-order valence-corrected chi connectivity index (χ0v) is 19.7. The van der Waals surface area contributed by atoms with Crippen molar-refractivity contribution >= 4 is 28.3 Å². The van der Waals surface area contributed by atoms with Gasteiger partial charge in [-0.05, 0) is 48.9 Å². The van der Waals surface area contributed by atoms with Crippen LogP contribution in [0.1, 0.15) is 38.5 Å². The van der Waals surface area contributed by atoms with Crippen molar-refractivity contribution in [2.24, 2.45) is 7.05 Å². The van der Waals surface area contributed by atoms with Gasteiger partial charge in [0.15, 0.2) is 0 Å². The lowest BCUT2D eigenvalue weighted by atomic mass is 9.99. The third-order valence-corrected chi connectivity index (χ3v) is 7.58. The fourth-order valence-electron chi connectivity index (χ4n) is 4.54. The summed E-state index contributed by atoms with van der Waals surface area (Å²) in [4.78, 5) is 27.2. The summed E-state index contributed by atoms with van der Waals surface area (Å²) >= 11 is 1.65. The Balaban J connectivity index is 1.19. The van der Waals surface area contributed by atoms with Gasteiger partial charge < -0.3 is 10.3 Å². The molecule has 8 heteroatoms. The van der Waals surface area contributed by atoms with Gasteiger partial charge in [0.2, 0.25) is 0 Å². The Hall–Kier alpha value is -3.78. The quantitative estimate of drug-likeness (QED) is 0.384. The standard InChI is InChI=1S/C26H24N6OS/c1-32-14-19(13-30-32)21-11-20-24(28-15-29-25(20)31-21)17-8-6-16(7-9-17)12-27-26(33)23-10-18-4-2-3-5-22(18)34-23/h6-11,13-15H,2-5,12H2,1H3,(H,27,33)(H,28,29,31). The van der Waals surface area contributed by atoms with Crippen molar-refractivity contribution in [1.82, 2.24) is 30.0 Å². The molecule has 1 aliphatic rings. The van der Waals surface area contributed by atoms with Gasteiger partial charge in [-0.3, -0.25) is 9.48 Å². The predicted octanol–water partition coefficient (Wildman–Crippen LogP) is 4.90. The average molecular weight is 469 g/mol. The molecule has 0 saturated carbocycles. The molecule has 0 aliphatic heterocycles. The topological polar surface area (TPSA) is 88.5 Å². The molecule has 5 aromatic rings. The Morgan fingerprint density at radius 2 is 1.97 bits per heavy atom. The molecule has 7 nitrogen and oxygen atoms in total. The van der Waals surface area contributed by atoms with E-state index in [1.54, 1.807) is 22.3 Å². The van der Waals surface area contributed by atoms with Crippen LogP contribution in [-0.2, 0) is 26.4 Å². The second-order valence-corrected chi connectivity index (χ2v) is 9.85. The molecule has 4 aromatic heterocycles. The molecule has 0 saturated heterocycles. The van der Waals surface area contributed by atoms with E-state index in [9.17, 15) is 4.79 Å². The molecule has 34 heavy (non-hydrogen) atoms. The first-order valence-electron chi connectivity index (χ1n) is 11.5. The summed E-state index contributed by atoms with van der Waals surface area (Å²) in [5.41, 5.74) is 7.04. The summed E-state index contributed by atoms with van der Waals surface area (Å²) < 4.78 is 1.78. The number of carbonyl (C=O) groups excluding carboxylic acids is 1. The molecule has 0 unspecified atom stereocenters. The first-order valence-corrected chi connectivity index (χ1v) is 12.3. The number of thiophene rings is 1. The molecule has 1 amide bonds. The number of amides is 1. The molecule has 4 heterocycles. The molecule has 1 aromatic carbocycles. The first kappa shape index (κ1) is 20.8. The number of benzene rings is 1. The third kappa shape index (κ3) is 3.90. The maximum absolute atomic E-state index is 12.7. The van der Waals surface area contributed by atoms with E-state index >= 15 is 0 Å². The van der Waals surface area contributed by atoms with E-state index < -0.39 is 0 Å². The Bertz CT molecular complexity index is 1470.